The number of Topliss-reactive ketones (excluding diaryl/α,β-unsaturated/α-hetero) is 1. The number of carbonyl (C=O) groups excluding carboxylic acids is 1. The Bertz CT molecular complexity index is 952. The molecule has 0 aliphatic heterocycles. The van der Waals surface area contributed by atoms with Gasteiger partial charge in [0, 0.05) is 31.1 Å². The van der Waals surface area contributed by atoms with Crippen LogP contribution in [0.3, 0.4) is 0 Å². The lowest BCUT2D eigenvalue weighted by molar-refractivity contribution is -0.132. The number of carbonyl (C=O) groups is 1. The molecule has 0 saturated heterocycles. The fourth-order valence-corrected chi connectivity index (χ4v) is 7.52. The van der Waals surface area contributed by atoms with Gasteiger partial charge in [0.05, 0.1) is 11.4 Å². The van der Waals surface area contributed by atoms with Gasteiger partial charge < -0.3 is 10.6 Å². The number of aromatic nitrogens is 3. The van der Waals surface area contributed by atoms with Gasteiger partial charge in [0.2, 0.25) is 0 Å². The van der Waals surface area contributed by atoms with E-state index in [0.717, 1.165) is 81.2 Å². The van der Waals surface area contributed by atoms with Crippen molar-refractivity contribution in [3.63, 3.8) is 0 Å². The number of oxime groups is 1. The Morgan fingerprint density at radius 2 is 1.97 bits per heavy atom. The summed E-state index contributed by atoms with van der Waals surface area (Å²) < 4.78 is 1.84. The molecule has 5 rings (SSSR count). The van der Waals surface area contributed by atoms with Crippen LogP contribution in [0.1, 0.15) is 83.7 Å². The Morgan fingerprint density at radius 1 is 1.12 bits per heavy atom. The highest BCUT2D eigenvalue weighted by Gasteiger charge is 2.58. The van der Waals surface area contributed by atoms with Gasteiger partial charge in [0.25, 0.3) is 0 Å². The van der Waals surface area contributed by atoms with E-state index < -0.39 is 0 Å². The van der Waals surface area contributed by atoms with Gasteiger partial charge >= 0.3 is 0 Å². The molecule has 4 aliphatic rings. The minimum atomic E-state index is -0.0332. The van der Waals surface area contributed by atoms with E-state index >= 15 is 0 Å². The smallest absolute Gasteiger partial charge is 0.139 e. The first kappa shape index (κ1) is 22.8. The zero-order valence-corrected chi connectivity index (χ0v) is 20.3. The number of hydrogen-bond donors (Lipinski definition) is 1. The van der Waals surface area contributed by atoms with E-state index in [1.54, 1.807) is 5.57 Å². The minimum absolute atomic E-state index is 0.0332. The van der Waals surface area contributed by atoms with Crippen LogP contribution in [-0.2, 0) is 22.7 Å². The van der Waals surface area contributed by atoms with E-state index in [1.165, 1.54) is 12.8 Å². The second kappa shape index (κ2) is 8.97. The predicted molar refractivity (Wildman–Crippen MR) is 127 cm³/mol. The minimum Gasteiger partial charge on any atom is -0.396 e. The van der Waals surface area contributed by atoms with Gasteiger partial charge in [0.1, 0.15) is 12.4 Å². The van der Waals surface area contributed by atoms with Crippen LogP contribution in [0.15, 0.2) is 23.0 Å². The summed E-state index contributed by atoms with van der Waals surface area (Å²) in [7, 11) is 0. The number of aryl methyl sites for hydroxylation is 1. The van der Waals surface area contributed by atoms with Gasteiger partial charge in [-0.3, -0.25) is 9.48 Å². The Morgan fingerprint density at radius 3 is 2.79 bits per heavy atom. The third-order valence-corrected chi connectivity index (χ3v) is 9.54. The Hall–Kier alpha value is -2.02. The molecule has 0 aromatic carbocycles. The van der Waals surface area contributed by atoms with Crippen molar-refractivity contribution < 1.29 is 9.63 Å². The topological polar surface area (TPSA) is 95.4 Å². The summed E-state index contributed by atoms with van der Waals surface area (Å²) in [6.45, 7) is 6.64. The molecule has 2 N–H and O–H groups in total. The first-order valence-corrected chi connectivity index (χ1v) is 13.0. The quantitative estimate of drug-likeness (QED) is 0.487. The summed E-state index contributed by atoms with van der Waals surface area (Å²) in [6, 6.07) is 0. The number of ketones is 1. The van der Waals surface area contributed by atoms with Crippen molar-refractivity contribution in [2.45, 2.75) is 91.1 Å². The lowest BCUT2D eigenvalue weighted by atomic mass is 9.47. The maximum Gasteiger partial charge on any atom is 0.139 e. The number of fused-ring (bicyclic) bond motifs is 5. The van der Waals surface area contributed by atoms with Gasteiger partial charge in [0.15, 0.2) is 0 Å². The van der Waals surface area contributed by atoms with Crippen molar-refractivity contribution in [1.29, 1.82) is 0 Å². The van der Waals surface area contributed by atoms with Gasteiger partial charge in [-0.2, -0.15) is 0 Å². The zero-order valence-electron chi connectivity index (χ0n) is 20.3. The first-order valence-electron chi connectivity index (χ1n) is 13.0. The molecule has 0 amide bonds. The predicted octanol–water partition coefficient (Wildman–Crippen LogP) is 4.42. The lowest BCUT2D eigenvalue weighted by Gasteiger charge is -2.57. The van der Waals surface area contributed by atoms with E-state index in [-0.39, 0.29) is 10.8 Å². The van der Waals surface area contributed by atoms with Crippen LogP contribution in [0.25, 0.3) is 0 Å². The van der Waals surface area contributed by atoms with Crippen molar-refractivity contribution in [2.24, 2.45) is 39.5 Å². The number of unbranched alkanes of at least 4 members (excludes halogenated alkanes) is 1. The lowest BCUT2D eigenvalue weighted by Crippen LogP contribution is -2.50. The molecule has 0 spiro atoms. The maximum atomic E-state index is 12.6. The average Bonchev–Trinajstić information content (AvgIpc) is 3.40. The van der Waals surface area contributed by atoms with Crippen molar-refractivity contribution in [1.82, 2.24) is 15.0 Å². The SMILES string of the molecule is C[C@]12CC/C(=N/OCCCCn3cc(CN)nn3)C=C1CCC1C2CC[C@]2(C)C(=O)CCC12. The highest BCUT2D eigenvalue weighted by molar-refractivity contribution is 5.96. The van der Waals surface area contributed by atoms with E-state index in [1.807, 2.05) is 10.9 Å². The van der Waals surface area contributed by atoms with Crippen molar-refractivity contribution in [2.75, 3.05) is 6.61 Å². The molecular formula is C26H39N5O2. The zero-order chi connectivity index (χ0) is 23.1. The number of rotatable bonds is 7. The second-order valence-corrected chi connectivity index (χ2v) is 11.2. The maximum absolute atomic E-state index is 12.6. The summed E-state index contributed by atoms with van der Waals surface area (Å²) in [5.41, 5.74) is 9.31. The molecule has 1 aromatic heterocycles. The van der Waals surface area contributed by atoms with E-state index in [0.29, 0.717) is 24.9 Å². The average molecular weight is 454 g/mol. The van der Waals surface area contributed by atoms with E-state index in [4.69, 9.17) is 10.6 Å². The van der Waals surface area contributed by atoms with E-state index in [9.17, 15) is 4.79 Å². The third kappa shape index (κ3) is 4.07. The Balaban J connectivity index is 1.15. The number of hydrogen-bond acceptors (Lipinski definition) is 6. The molecule has 5 atom stereocenters. The van der Waals surface area contributed by atoms with Crippen LogP contribution in [0.2, 0.25) is 0 Å². The Labute approximate surface area is 197 Å². The number of nitrogens with zero attached hydrogens (tertiary/aromatic N) is 4. The van der Waals surface area contributed by atoms with Gasteiger partial charge in [-0.05, 0) is 87.0 Å². The summed E-state index contributed by atoms with van der Waals surface area (Å²) in [5, 5.41) is 12.6. The highest BCUT2D eigenvalue weighted by atomic mass is 16.6. The standard InChI is InChI=1S/C26H39N5O2/c1-25-11-9-19(29-33-14-4-3-13-31-17-20(16-27)28-30-31)15-18(25)5-6-21-22-7-8-24(32)26(22,2)12-10-23(21)25/h15,17,21-23H,3-14,16,27H2,1-2H3/b29-19-/t21?,22?,23?,25-,26-/m0/s1. The molecule has 3 saturated carbocycles. The monoisotopic (exact) mass is 453 g/mol. The second-order valence-electron chi connectivity index (χ2n) is 11.2. The van der Waals surface area contributed by atoms with Gasteiger partial charge in [-0.25, -0.2) is 0 Å². The van der Waals surface area contributed by atoms with Crippen LogP contribution in [0, 0.1) is 28.6 Å². The van der Waals surface area contributed by atoms with Gasteiger partial charge in [-0.1, -0.05) is 29.8 Å². The fraction of sp³-hybridized carbons (Fsp3) is 0.769. The molecule has 0 radical (unpaired) electrons. The molecule has 1 heterocycles. The molecular weight excluding hydrogens is 414 g/mol. The summed E-state index contributed by atoms with van der Waals surface area (Å²) in [6.07, 6.45) is 14.9. The summed E-state index contributed by atoms with van der Waals surface area (Å²) in [5.74, 6) is 2.59. The van der Waals surface area contributed by atoms with Crippen molar-refractivity contribution >= 4 is 11.5 Å². The van der Waals surface area contributed by atoms with Crippen molar-refractivity contribution in [3.05, 3.63) is 23.5 Å². The molecule has 7 heteroatoms. The summed E-state index contributed by atoms with van der Waals surface area (Å²) in [4.78, 5) is 18.3. The molecule has 3 fully saturated rings. The van der Waals surface area contributed by atoms with Gasteiger partial charge in [-0.15, -0.1) is 5.10 Å². The van der Waals surface area contributed by atoms with Crippen LogP contribution < -0.4 is 5.73 Å². The molecule has 180 valence electrons. The van der Waals surface area contributed by atoms with Crippen LogP contribution >= 0.6 is 0 Å². The number of allylic oxidation sites excluding steroid dienone is 2. The number of nitrogens with two attached hydrogens (primary N) is 1. The molecule has 33 heavy (non-hydrogen) atoms. The largest absolute Gasteiger partial charge is 0.396 e. The fourth-order valence-electron chi connectivity index (χ4n) is 7.52. The van der Waals surface area contributed by atoms with Crippen molar-refractivity contribution in [3.8, 4) is 0 Å². The first-order chi connectivity index (χ1) is 15.9. The van der Waals surface area contributed by atoms with Crippen LogP contribution in [0.5, 0.6) is 0 Å². The highest BCUT2D eigenvalue weighted by Crippen LogP contribution is 2.64. The molecule has 4 aliphatic carbocycles. The molecule has 3 unspecified atom stereocenters. The normalized spacial score (nSPS) is 36.8. The molecule has 0 bridgehead atoms. The molecule has 1 aromatic rings. The van der Waals surface area contributed by atoms with E-state index in [2.05, 4.69) is 35.4 Å². The van der Waals surface area contributed by atoms with Crippen LogP contribution in [-0.4, -0.2) is 33.1 Å². The van der Waals surface area contributed by atoms with Crippen LogP contribution in [0.4, 0.5) is 0 Å². The molecule has 7 nitrogen and oxygen atoms in total. The summed E-state index contributed by atoms with van der Waals surface area (Å²) >= 11 is 0. The third-order valence-electron chi connectivity index (χ3n) is 9.54. The Kier molecular flexibility index (Phi) is 6.19.